The highest BCUT2D eigenvalue weighted by Crippen LogP contribution is 2.43. The van der Waals surface area contributed by atoms with Crippen molar-refractivity contribution < 1.29 is 37.6 Å². The number of hydrogen-bond donors (Lipinski definition) is 2. The van der Waals surface area contributed by atoms with Crippen LogP contribution in [0.3, 0.4) is 0 Å². The Kier molecular flexibility index (Phi) is 35.9. The Morgan fingerprint density at radius 3 is 1.63 bits per heavy atom. The molecule has 0 aromatic carbocycles. The van der Waals surface area contributed by atoms with E-state index < -0.39 is 32.5 Å². The molecule has 0 aliphatic rings. The Labute approximate surface area is 315 Å². The van der Waals surface area contributed by atoms with Gasteiger partial charge in [-0.1, -0.05) is 131 Å². The number of unbranched alkanes of at least 4 members (excludes halogenated alkanes) is 8. The van der Waals surface area contributed by atoms with Crippen molar-refractivity contribution in [3.63, 3.8) is 0 Å². The Balaban J connectivity index is 4.37. The minimum absolute atomic E-state index is 0.0376. The van der Waals surface area contributed by atoms with Gasteiger partial charge < -0.3 is 20.1 Å². The van der Waals surface area contributed by atoms with Gasteiger partial charge in [-0.3, -0.25) is 18.6 Å². The van der Waals surface area contributed by atoms with E-state index in [1.54, 1.807) is 0 Å². The van der Waals surface area contributed by atoms with Gasteiger partial charge in [0.15, 0.2) is 6.10 Å². The number of allylic oxidation sites excluding steroid dienone is 14. The monoisotopic (exact) mass is 747 g/mol. The van der Waals surface area contributed by atoms with Crippen molar-refractivity contribution in [3.05, 3.63) is 85.1 Å². The number of hydrogen-bond acceptors (Lipinski definition) is 8. The van der Waals surface area contributed by atoms with E-state index in [1.807, 2.05) is 6.08 Å². The molecule has 1 unspecified atom stereocenters. The van der Waals surface area contributed by atoms with Crippen LogP contribution in [0.25, 0.3) is 0 Å². The van der Waals surface area contributed by atoms with Crippen molar-refractivity contribution in [1.82, 2.24) is 0 Å². The smallest absolute Gasteiger partial charge is 0.462 e. The van der Waals surface area contributed by atoms with Crippen LogP contribution >= 0.6 is 7.82 Å². The van der Waals surface area contributed by atoms with Crippen LogP contribution in [-0.2, 0) is 32.7 Å². The molecule has 0 aliphatic heterocycles. The molecule has 0 spiro atoms. The standard InChI is InChI=1S/C42H70NO8P/c1-3-5-7-9-11-13-15-17-19-20-21-23-25-27-29-31-33-35-42(45)51-40(39-50-52(46,47)49-37-36-43)38-48-41(44)34-32-30-28-26-24-22-18-16-14-12-10-8-6-4-2/h5,7,10-13,16-19,21,23,27,29,40H,3-4,6,8-9,14-15,20,22,24-26,28,30-39,43H2,1-2H3,(H,46,47)/b7-5+,12-10+,13-11+,18-16+,19-17+,23-21+,29-27+/t40-/m1/s1. The summed E-state index contributed by atoms with van der Waals surface area (Å²) >= 11 is 0. The summed E-state index contributed by atoms with van der Waals surface area (Å²) in [6.07, 6.45) is 46.2. The normalized spacial score (nSPS) is 14.3. The Morgan fingerprint density at radius 1 is 0.596 bits per heavy atom. The molecule has 9 nitrogen and oxygen atoms in total. The molecular weight excluding hydrogens is 677 g/mol. The molecule has 10 heteroatoms. The van der Waals surface area contributed by atoms with Gasteiger partial charge in [0.25, 0.3) is 0 Å². The first-order chi connectivity index (χ1) is 25.3. The molecule has 0 aliphatic carbocycles. The number of rotatable bonds is 35. The van der Waals surface area contributed by atoms with Crippen LogP contribution in [-0.4, -0.2) is 49.3 Å². The first-order valence-electron chi connectivity index (χ1n) is 19.6. The van der Waals surface area contributed by atoms with Gasteiger partial charge in [-0.2, -0.15) is 0 Å². The minimum Gasteiger partial charge on any atom is -0.462 e. The predicted octanol–water partition coefficient (Wildman–Crippen LogP) is 10.9. The average molecular weight is 748 g/mol. The highest BCUT2D eigenvalue weighted by atomic mass is 31.2. The summed E-state index contributed by atoms with van der Waals surface area (Å²) in [7, 11) is -4.40. The van der Waals surface area contributed by atoms with E-state index in [1.165, 1.54) is 12.8 Å². The van der Waals surface area contributed by atoms with Gasteiger partial charge in [-0.05, 0) is 77.0 Å². The molecule has 0 amide bonds. The van der Waals surface area contributed by atoms with E-state index in [0.29, 0.717) is 19.3 Å². The molecule has 0 fully saturated rings. The van der Waals surface area contributed by atoms with Crippen molar-refractivity contribution >= 4 is 19.8 Å². The van der Waals surface area contributed by atoms with Gasteiger partial charge in [0, 0.05) is 19.4 Å². The zero-order chi connectivity index (χ0) is 38.2. The van der Waals surface area contributed by atoms with Gasteiger partial charge in [0.05, 0.1) is 13.2 Å². The molecule has 52 heavy (non-hydrogen) atoms. The quantitative estimate of drug-likeness (QED) is 0.0281. The molecular formula is C42H70NO8P. The second-order valence-corrected chi connectivity index (χ2v) is 13.9. The third kappa shape index (κ3) is 37.0. The average Bonchev–Trinajstić information content (AvgIpc) is 3.13. The molecule has 0 rings (SSSR count). The molecule has 0 aromatic heterocycles. The predicted molar refractivity (Wildman–Crippen MR) is 215 cm³/mol. The summed E-state index contributed by atoms with van der Waals surface area (Å²) in [5, 5.41) is 0. The summed E-state index contributed by atoms with van der Waals surface area (Å²) in [5.41, 5.74) is 5.33. The lowest BCUT2D eigenvalue weighted by Crippen LogP contribution is -2.29. The van der Waals surface area contributed by atoms with E-state index >= 15 is 0 Å². The molecule has 0 aromatic rings. The number of carbonyl (C=O) groups excluding carboxylic acids is 2. The maximum Gasteiger partial charge on any atom is 0.472 e. The first kappa shape index (κ1) is 49.2. The van der Waals surface area contributed by atoms with Crippen LogP contribution in [0.2, 0.25) is 0 Å². The van der Waals surface area contributed by atoms with Crippen molar-refractivity contribution in [3.8, 4) is 0 Å². The summed E-state index contributed by atoms with van der Waals surface area (Å²) in [4.78, 5) is 34.7. The first-order valence-corrected chi connectivity index (χ1v) is 21.1. The molecule has 2 atom stereocenters. The largest absolute Gasteiger partial charge is 0.472 e. The lowest BCUT2D eigenvalue weighted by molar-refractivity contribution is -0.161. The van der Waals surface area contributed by atoms with Crippen molar-refractivity contribution in [2.45, 2.75) is 142 Å². The molecule has 0 radical (unpaired) electrons. The summed E-state index contributed by atoms with van der Waals surface area (Å²) in [5.74, 6) is -0.924. The van der Waals surface area contributed by atoms with Crippen LogP contribution in [0, 0.1) is 0 Å². The van der Waals surface area contributed by atoms with Gasteiger partial charge in [-0.15, -0.1) is 0 Å². The number of phosphoric ester groups is 1. The maximum absolute atomic E-state index is 12.5. The van der Waals surface area contributed by atoms with Crippen molar-refractivity contribution in [1.29, 1.82) is 0 Å². The molecule has 0 saturated heterocycles. The zero-order valence-electron chi connectivity index (χ0n) is 32.3. The fraction of sp³-hybridized carbons (Fsp3) is 0.619. The van der Waals surface area contributed by atoms with Gasteiger partial charge >= 0.3 is 19.8 Å². The summed E-state index contributed by atoms with van der Waals surface area (Å²) in [6, 6.07) is 0. The number of phosphoric acid groups is 1. The van der Waals surface area contributed by atoms with Crippen LogP contribution in [0.5, 0.6) is 0 Å². The van der Waals surface area contributed by atoms with E-state index in [9.17, 15) is 19.0 Å². The SMILES string of the molecule is CC/C=C/C/C=C/C/C=C/C/C=C/C/C=C/CCCC(=O)O[C@H](COC(=O)CCCCCCC/C=C/C/C=C/CCCC)COP(=O)(O)OCCN. The fourth-order valence-electron chi connectivity index (χ4n) is 4.63. The Morgan fingerprint density at radius 2 is 1.08 bits per heavy atom. The van der Waals surface area contributed by atoms with Crippen molar-refractivity contribution in [2.24, 2.45) is 5.73 Å². The minimum atomic E-state index is -4.40. The van der Waals surface area contributed by atoms with E-state index in [4.69, 9.17) is 24.3 Å². The topological polar surface area (TPSA) is 134 Å². The fourth-order valence-corrected chi connectivity index (χ4v) is 5.39. The molecule has 0 saturated carbocycles. The lowest BCUT2D eigenvalue weighted by atomic mass is 10.1. The lowest BCUT2D eigenvalue weighted by Gasteiger charge is -2.19. The zero-order valence-corrected chi connectivity index (χ0v) is 33.1. The van der Waals surface area contributed by atoms with Crippen LogP contribution in [0.1, 0.15) is 136 Å². The third-order valence-corrected chi connectivity index (χ3v) is 8.50. The van der Waals surface area contributed by atoms with Crippen LogP contribution in [0.15, 0.2) is 85.1 Å². The van der Waals surface area contributed by atoms with E-state index in [0.717, 1.165) is 77.0 Å². The number of ether oxygens (including phenoxy) is 2. The molecule has 0 bridgehead atoms. The van der Waals surface area contributed by atoms with E-state index in [-0.39, 0.29) is 32.6 Å². The number of carbonyl (C=O) groups is 2. The van der Waals surface area contributed by atoms with E-state index in [2.05, 4.69) is 92.8 Å². The highest BCUT2D eigenvalue weighted by Gasteiger charge is 2.25. The molecule has 3 N–H and O–H groups in total. The number of esters is 2. The van der Waals surface area contributed by atoms with Crippen LogP contribution in [0.4, 0.5) is 0 Å². The van der Waals surface area contributed by atoms with Gasteiger partial charge in [0.2, 0.25) is 0 Å². The van der Waals surface area contributed by atoms with Crippen LogP contribution < -0.4 is 5.73 Å². The van der Waals surface area contributed by atoms with Gasteiger partial charge in [-0.25, -0.2) is 4.57 Å². The Hall–Kier alpha value is -2.81. The number of nitrogens with two attached hydrogens (primary N) is 1. The Bertz CT molecular complexity index is 1130. The summed E-state index contributed by atoms with van der Waals surface area (Å²) in [6.45, 7) is 3.46. The van der Waals surface area contributed by atoms with Crippen molar-refractivity contribution in [2.75, 3.05) is 26.4 Å². The highest BCUT2D eigenvalue weighted by molar-refractivity contribution is 7.47. The molecule has 296 valence electrons. The second-order valence-electron chi connectivity index (χ2n) is 12.4. The second kappa shape index (κ2) is 37.9. The van der Waals surface area contributed by atoms with Gasteiger partial charge in [0.1, 0.15) is 6.61 Å². The summed E-state index contributed by atoms with van der Waals surface area (Å²) < 4.78 is 32.6. The third-order valence-electron chi connectivity index (χ3n) is 7.52. The molecule has 0 heterocycles. The maximum atomic E-state index is 12.5.